The van der Waals surface area contributed by atoms with Crippen molar-refractivity contribution in [2.75, 3.05) is 19.0 Å². The maximum Gasteiger partial charge on any atom is 0.356 e. The van der Waals surface area contributed by atoms with Gasteiger partial charge in [-0.15, -0.1) is 5.10 Å². The Morgan fingerprint density at radius 1 is 1.28 bits per heavy atom. The van der Waals surface area contributed by atoms with Crippen LogP contribution in [-0.4, -0.2) is 45.2 Å². The van der Waals surface area contributed by atoms with Crippen LogP contribution in [-0.2, 0) is 4.74 Å². The molecular weight excluding hydrogens is 324 g/mol. The molecule has 3 aromatic heterocycles. The van der Waals surface area contributed by atoms with Crippen molar-refractivity contribution in [3.63, 3.8) is 0 Å². The molecule has 0 aliphatic rings. The number of ether oxygens (including phenoxy) is 1. The van der Waals surface area contributed by atoms with Gasteiger partial charge >= 0.3 is 12.0 Å². The molecule has 3 rings (SSSR count). The number of nitrogens with one attached hydrogen (secondary N) is 2. The second-order valence-electron chi connectivity index (χ2n) is 5.05. The van der Waals surface area contributed by atoms with E-state index in [-0.39, 0.29) is 11.6 Å². The predicted molar refractivity (Wildman–Crippen MR) is 90.3 cm³/mol. The molecule has 0 saturated carbocycles. The van der Waals surface area contributed by atoms with Crippen molar-refractivity contribution in [2.45, 2.75) is 6.92 Å². The number of esters is 1. The number of rotatable bonds is 4. The lowest BCUT2D eigenvalue weighted by Gasteiger charge is -2.06. The van der Waals surface area contributed by atoms with Crippen molar-refractivity contribution in [1.82, 2.24) is 24.9 Å². The van der Waals surface area contributed by atoms with Crippen LogP contribution in [0.1, 0.15) is 17.4 Å². The Labute approximate surface area is 143 Å². The molecule has 0 saturated heterocycles. The summed E-state index contributed by atoms with van der Waals surface area (Å²) in [5.41, 5.74) is 2.14. The minimum atomic E-state index is -0.565. The fourth-order valence-electron chi connectivity index (χ4n) is 2.29. The maximum atomic E-state index is 12.1. The van der Waals surface area contributed by atoms with Gasteiger partial charge in [-0.3, -0.25) is 10.3 Å². The maximum absolute atomic E-state index is 12.1. The Bertz CT molecular complexity index is 922. The molecule has 0 spiro atoms. The highest BCUT2D eigenvalue weighted by Crippen LogP contribution is 2.22. The molecule has 9 heteroatoms. The standard InChI is InChI=1S/C16H16N6O3/c1-3-18-16(24)20-15-19-13-8-11(10-5-4-6-17-9-10)7-12(14(23)25-2)22(13)21-15/h4-9H,3H2,1-2H3,(H2,18,20,21,24). The number of aromatic nitrogens is 4. The van der Waals surface area contributed by atoms with Gasteiger partial charge < -0.3 is 10.1 Å². The number of carbonyl (C=O) groups is 2. The van der Waals surface area contributed by atoms with Gasteiger partial charge in [-0.05, 0) is 30.7 Å². The van der Waals surface area contributed by atoms with E-state index >= 15 is 0 Å². The van der Waals surface area contributed by atoms with Crippen LogP contribution in [0.3, 0.4) is 0 Å². The zero-order valence-electron chi connectivity index (χ0n) is 13.7. The van der Waals surface area contributed by atoms with Crippen molar-refractivity contribution in [3.8, 4) is 11.1 Å². The van der Waals surface area contributed by atoms with Crippen LogP contribution >= 0.6 is 0 Å². The van der Waals surface area contributed by atoms with Crippen LogP contribution in [0.5, 0.6) is 0 Å². The second kappa shape index (κ2) is 6.95. The van der Waals surface area contributed by atoms with E-state index in [0.717, 1.165) is 11.1 Å². The summed E-state index contributed by atoms with van der Waals surface area (Å²) in [5, 5.41) is 9.26. The lowest BCUT2D eigenvalue weighted by molar-refractivity contribution is 0.0591. The van der Waals surface area contributed by atoms with Crippen LogP contribution in [0.2, 0.25) is 0 Å². The molecule has 0 aliphatic heterocycles. The summed E-state index contributed by atoms with van der Waals surface area (Å²) in [4.78, 5) is 32.1. The first-order valence-electron chi connectivity index (χ1n) is 7.56. The van der Waals surface area contributed by atoms with Crippen molar-refractivity contribution < 1.29 is 14.3 Å². The van der Waals surface area contributed by atoms with E-state index in [9.17, 15) is 9.59 Å². The quantitative estimate of drug-likeness (QED) is 0.700. The molecule has 0 aromatic carbocycles. The first-order chi connectivity index (χ1) is 12.1. The van der Waals surface area contributed by atoms with E-state index in [0.29, 0.717) is 12.2 Å². The van der Waals surface area contributed by atoms with E-state index < -0.39 is 12.0 Å². The third-order valence-electron chi connectivity index (χ3n) is 3.39. The Morgan fingerprint density at radius 2 is 2.12 bits per heavy atom. The smallest absolute Gasteiger partial charge is 0.356 e. The molecule has 0 aliphatic carbocycles. The average Bonchev–Trinajstić information content (AvgIpc) is 3.03. The number of urea groups is 1. The first-order valence-corrected chi connectivity index (χ1v) is 7.56. The van der Waals surface area contributed by atoms with Gasteiger partial charge in [0, 0.05) is 24.5 Å². The van der Waals surface area contributed by atoms with Gasteiger partial charge in [0.05, 0.1) is 7.11 Å². The van der Waals surface area contributed by atoms with Crippen molar-refractivity contribution in [2.24, 2.45) is 0 Å². The highest BCUT2D eigenvalue weighted by molar-refractivity contribution is 5.91. The number of hydrogen-bond acceptors (Lipinski definition) is 6. The molecule has 9 nitrogen and oxygen atoms in total. The second-order valence-corrected chi connectivity index (χ2v) is 5.05. The molecule has 0 bridgehead atoms. The molecule has 2 amide bonds. The highest BCUT2D eigenvalue weighted by Gasteiger charge is 2.17. The van der Waals surface area contributed by atoms with Gasteiger partial charge in [0.15, 0.2) is 11.3 Å². The van der Waals surface area contributed by atoms with Crippen LogP contribution in [0.25, 0.3) is 16.8 Å². The van der Waals surface area contributed by atoms with Gasteiger partial charge in [0.25, 0.3) is 5.95 Å². The predicted octanol–water partition coefficient (Wildman–Crippen LogP) is 1.72. The summed E-state index contributed by atoms with van der Waals surface area (Å²) in [6.07, 6.45) is 3.34. The Balaban J connectivity index is 2.10. The number of fused-ring (bicyclic) bond motifs is 1. The number of nitrogens with zero attached hydrogens (tertiary/aromatic N) is 4. The number of pyridine rings is 2. The van der Waals surface area contributed by atoms with Gasteiger partial charge in [0.1, 0.15) is 0 Å². The molecule has 0 unspecified atom stereocenters. The van der Waals surface area contributed by atoms with Gasteiger partial charge in [-0.2, -0.15) is 4.98 Å². The lowest BCUT2D eigenvalue weighted by Crippen LogP contribution is -2.28. The van der Waals surface area contributed by atoms with Gasteiger partial charge in [-0.25, -0.2) is 14.1 Å². The average molecular weight is 340 g/mol. The third-order valence-corrected chi connectivity index (χ3v) is 3.39. The molecular formula is C16H16N6O3. The van der Waals surface area contributed by atoms with Crippen LogP contribution in [0, 0.1) is 0 Å². The summed E-state index contributed by atoms with van der Waals surface area (Å²) in [5.74, 6) is -0.482. The summed E-state index contributed by atoms with van der Waals surface area (Å²) in [6, 6.07) is 6.62. The fraction of sp³-hybridized carbons (Fsp3) is 0.188. The minimum Gasteiger partial charge on any atom is -0.464 e. The van der Waals surface area contributed by atoms with Crippen LogP contribution < -0.4 is 10.6 Å². The van der Waals surface area contributed by atoms with Crippen molar-refractivity contribution in [1.29, 1.82) is 0 Å². The van der Waals surface area contributed by atoms with Crippen LogP contribution in [0.4, 0.5) is 10.7 Å². The first kappa shape index (κ1) is 16.4. The molecule has 25 heavy (non-hydrogen) atoms. The van der Waals surface area contributed by atoms with Crippen molar-refractivity contribution in [3.05, 3.63) is 42.4 Å². The zero-order valence-corrected chi connectivity index (χ0v) is 13.7. The molecule has 3 heterocycles. The van der Waals surface area contributed by atoms with Crippen molar-refractivity contribution >= 4 is 23.6 Å². The number of amides is 2. The summed E-state index contributed by atoms with van der Waals surface area (Å²) in [6.45, 7) is 2.27. The zero-order chi connectivity index (χ0) is 17.8. The molecule has 3 aromatic rings. The number of anilines is 1. The normalized spacial score (nSPS) is 10.5. The summed E-state index contributed by atoms with van der Waals surface area (Å²) < 4.78 is 6.15. The Hall–Kier alpha value is -3.49. The van der Waals surface area contributed by atoms with E-state index in [1.807, 2.05) is 6.07 Å². The lowest BCUT2D eigenvalue weighted by atomic mass is 10.1. The monoisotopic (exact) mass is 340 g/mol. The van der Waals surface area contributed by atoms with E-state index in [2.05, 4.69) is 25.7 Å². The minimum absolute atomic E-state index is 0.0828. The molecule has 128 valence electrons. The Kier molecular flexibility index (Phi) is 4.55. The van der Waals surface area contributed by atoms with Gasteiger partial charge in [0.2, 0.25) is 0 Å². The molecule has 0 atom stereocenters. The fourth-order valence-corrected chi connectivity index (χ4v) is 2.29. The van der Waals surface area contributed by atoms with Gasteiger partial charge in [-0.1, -0.05) is 6.07 Å². The van der Waals surface area contributed by atoms with Crippen LogP contribution in [0.15, 0.2) is 36.7 Å². The van der Waals surface area contributed by atoms with E-state index in [1.54, 1.807) is 37.5 Å². The largest absolute Gasteiger partial charge is 0.464 e. The molecule has 0 fully saturated rings. The topological polar surface area (TPSA) is 111 Å². The SMILES string of the molecule is CCNC(=O)Nc1nc2cc(-c3cccnc3)cc(C(=O)OC)n2n1. The summed E-state index contributed by atoms with van der Waals surface area (Å²) >= 11 is 0. The summed E-state index contributed by atoms with van der Waals surface area (Å²) in [7, 11) is 1.29. The number of hydrogen-bond donors (Lipinski definition) is 2. The number of carbonyl (C=O) groups excluding carboxylic acids is 2. The molecule has 2 N–H and O–H groups in total. The highest BCUT2D eigenvalue weighted by atomic mass is 16.5. The van der Waals surface area contributed by atoms with E-state index in [1.165, 1.54) is 11.6 Å². The number of methoxy groups -OCH3 is 1. The third kappa shape index (κ3) is 3.39. The molecule has 0 radical (unpaired) electrons. The van der Waals surface area contributed by atoms with E-state index in [4.69, 9.17) is 4.74 Å². The Morgan fingerprint density at radius 3 is 2.80 bits per heavy atom.